The van der Waals surface area contributed by atoms with Crippen LogP contribution in [0.3, 0.4) is 0 Å². The molecule has 2 heterocycles. The molecule has 5 heteroatoms. The molecule has 2 aliphatic rings. The molecule has 2 aliphatic heterocycles. The molecule has 0 aromatic rings. The van der Waals surface area contributed by atoms with Gasteiger partial charge in [0.05, 0.1) is 11.5 Å². The SMILES string of the molecule is O=C1CCC2CS(=O)(=O)CCC2N1. The van der Waals surface area contributed by atoms with Crippen LogP contribution in [0.5, 0.6) is 0 Å². The lowest BCUT2D eigenvalue weighted by molar-refractivity contribution is -0.124. The fraction of sp³-hybridized carbons (Fsp3) is 0.875. The number of hydrogen-bond donors (Lipinski definition) is 1. The number of piperidine rings is 1. The van der Waals surface area contributed by atoms with E-state index in [1.807, 2.05) is 0 Å². The molecule has 0 saturated carbocycles. The highest BCUT2D eigenvalue weighted by molar-refractivity contribution is 7.91. The van der Waals surface area contributed by atoms with Crippen LogP contribution in [-0.2, 0) is 14.6 Å². The van der Waals surface area contributed by atoms with Crippen LogP contribution in [0.15, 0.2) is 0 Å². The van der Waals surface area contributed by atoms with Crippen molar-refractivity contribution in [1.29, 1.82) is 0 Å². The minimum Gasteiger partial charge on any atom is -0.353 e. The summed E-state index contributed by atoms with van der Waals surface area (Å²) in [5.41, 5.74) is 0. The van der Waals surface area contributed by atoms with Crippen LogP contribution in [0, 0.1) is 5.92 Å². The van der Waals surface area contributed by atoms with Gasteiger partial charge in [-0.2, -0.15) is 0 Å². The number of carbonyl (C=O) groups excluding carboxylic acids is 1. The molecule has 2 fully saturated rings. The number of nitrogens with one attached hydrogen (secondary N) is 1. The van der Waals surface area contributed by atoms with E-state index in [4.69, 9.17) is 0 Å². The topological polar surface area (TPSA) is 63.2 Å². The molecule has 0 spiro atoms. The molecule has 4 nitrogen and oxygen atoms in total. The Kier molecular flexibility index (Phi) is 2.06. The summed E-state index contributed by atoms with van der Waals surface area (Å²) in [6.07, 6.45) is 1.81. The number of rotatable bonds is 0. The zero-order valence-corrected chi connectivity index (χ0v) is 8.14. The molecular formula is C8H13NO3S. The van der Waals surface area contributed by atoms with Crippen LogP contribution >= 0.6 is 0 Å². The molecule has 2 atom stereocenters. The molecule has 2 unspecified atom stereocenters. The Morgan fingerprint density at radius 2 is 2.08 bits per heavy atom. The van der Waals surface area contributed by atoms with Crippen LogP contribution in [0.25, 0.3) is 0 Å². The number of carbonyl (C=O) groups is 1. The lowest BCUT2D eigenvalue weighted by atomic mass is 9.90. The Hall–Kier alpha value is -0.580. The van der Waals surface area contributed by atoms with Gasteiger partial charge in [-0.3, -0.25) is 4.79 Å². The number of amides is 1. The van der Waals surface area contributed by atoms with Gasteiger partial charge in [0.25, 0.3) is 0 Å². The van der Waals surface area contributed by atoms with E-state index in [9.17, 15) is 13.2 Å². The molecule has 0 aliphatic carbocycles. The van der Waals surface area contributed by atoms with Crippen LogP contribution in [0.2, 0.25) is 0 Å². The van der Waals surface area contributed by atoms with Crippen molar-refractivity contribution in [3.63, 3.8) is 0 Å². The first-order valence-electron chi connectivity index (χ1n) is 4.57. The normalized spacial score (nSPS) is 37.7. The first kappa shape index (κ1) is 8.99. The molecule has 0 aromatic carbocycles. The van der Waals surface area contributed by atoms with E-state index in [0.717, 1.165) is 6.42 Å². The van der Waals surface area contributed by atoms with Crippen LogP contribution in [0.4, 0.5) is 0 Å². The van der Waals surface area contributed by atoms with Gasteiger partial charge in [-0.15, -0.1) is 0 Å². The molecule has 0 radical (unpaired) electrons. The maximum absolute atomic E-state index is 11.3. The van der Waals surface area contributed by atoms with Gasteiger partial charge >= 0.3 is 0 Å². The molecule has 0 aromatic heterocycles. The van der Waals surface area contributed by atoms with Gasteiger partial charge in [0.15, 0.2) is 9.84 Å². The van der Waals surface area contributed by atoms with E-state index < -0.39 is 9.84 Å². The van der Waals surface area contributed by atoms with Crippen molar-refractivity contribution in [3.05, 3.63) is 0 Å². The summed E-state index contributed by atoms with van der Waals surface area (Å²) < 4.78 is 22.5. The largest absolute Gasteiger partial charge is 0.353 e. The first-order chi connectivity index (χ1) is 6.07. The van der Waals surface area contributed by atoms with Crippen molar-refractivity contribution in [3.8, 4) is 0 Å². The van der Waals surface area contributed by atoms with Gasteiger partial charge in [0.1, 0.15) is 0 Å². The van der Waals surface area contributed by atoms with E-state index in [2.05, 4.69) is 5.32 Å². The van der Waals surface area contributed by atoms with E-state index in [1.54, 1.807) is 0 Å². The maximum atomic E-state index is 11.3. The quantitative estimate of drug-likeness (QED) is 0.588. The summed E-state index contributed by atoms with van der Waals surface area (Å²) in [5, 5.41) is 2.85. The number of hydrogen-bond acceptors (Lipinski definition) is 3. The highest BCUT2D eigenvalue weighted by Crippen LogP contribution is 2.26. The Labute approximate surface area is 77.6 Å². The second-order valence-electron chi connectivity index (χ2n) is 3.88. The smallest absolute Gasteiger partial charge is 0.220 e. The average molecular weight is 203 g/mol. The zero-order chi connectivity index (χ0) is 9.47. The summed E-state index contributed by atoms with van der Waals surface area (Å²) in [4.78, 5) is 11.0. The molecule has 0 bridgehead atoms. The van der Waals surface area contributed by atoms with Gasteiger partial charge in [-0.25, -0.2) is 8.42 Å². The van der Waals surface area contributed by atoms with Gasteiger partial charge in [-0.1, -0.05) is 0 Å². The summed E-state index contributed by atoms with van der Waals surface area (Å²) in [6, 6.07) is 0.116. The summed E-state index contributed by atoms with van der Waals surface area (Å²) in [7, 11) is -2.82. The summed E-state index contributed by atoms with van der Waals surface area (Å²) in [6.45, 7) is 0. The first-order valence-corrected chi connectivity index (χ1v) is 6.39. The lowest BCUT2D eigenvalue weighted by Gasteiger charge is -2.35. The number of sulfone groups is 1. The predicted molar refractivity (Wildman–Crippen MR) is 47.9 cm³/mol. The third-order valence-corrected chi connectivity index (χ3v) is 4.66. The lowest BCUT2D eigenvalue weighted by Crippen LogP contribution is -2.50. The summed E-state index contributed by atoms with van der Waals surface area (Å²) >= 11 is 0. The van der Waals surface area contributed by atoms with Crippen molar-refractivity contribution < 1.29 is 13.2 Å². The Bertz CT molecular complexity index is 322. The van der Waals surface area contributed by atoms with Crippen molar-refractivity contribution >= 4 is 15.7 Å². The van der Waals surface area contributed by atoms with Crippen molar-refractivity contribution in [2.45, 2.75) is 25.3 Å². The molecule has 1 N–H and O–H groups in total. The fourth-order valence-corrected chi connectivity index (χ4v) is 3.97. The minimum absolute atomic E-state index is 0.0700. The molecule has 1 amide bonds. The second kappa shape index (κ2) is 2.97. The fourth-order valence-electron chi connectivity index (χ4n) is 2.14. The van der Waals surface area contributed by atoms with Gasteiger partial charge in [0, 0.05) is 12.5 Å². The van der Waals surface area contributed by atoms with Gasteiger partial charge in [-0.05, 0) is 18.8 Å². The van der Waals surface area contributed by atoms with Crippen LogP contribution < -0.4 is 5.32 Å². The van der Waals surface area contributed by atoms with Gasteiger partial charge < -0.3 is 5.32 Å². The Balaban J connectivity index is 2.10. The Morgan fingerprint density at radius 1 is 1.31 bits per heavy atom. The van der Waals surface area contributed by atoms with E-state index >= 15 is 0 Å². The maximum Gasteiger partial charge on any atom is 0.220 e. The molecule has 2 saturated heterocycles. The van der Waals surface area contributed by atoms with E-state index in [0.29, 0.717) is 12.8 Å². The van der Waals surface area contributed by atoms with Crippen molar-refractivity contribution in [2.24, 2.45) is 5.92 Å². The third-order valence-electron chi connectivity index (χ3n) is 2.87. The number of fused-ring (bicyclic) bond motifs is 1. The molecule has 74 valence electrons. The highest BCUT2D eigenvalue weighted by atomic mass is 32.2. The van der Waals surface area contributed by atoms with Gasteiger partial charge in [0.2, 0.25) is 5.91 Å². The van der Waals surface area contributed by atoms with Crippen molar-refractivity contribution in [2.75, 3.05) is 11.5 Å². The second-order valence-corrected chi connectivity index (χ2v) is 6.10. The van der Waals surface area contributed by atoms with E-state index in [-0.39, 0.29) is 29.4 Å². The summed E-state index contributed by atoms with van der Waals surface area (Å²) in [5.74, 6) is 0.726. The van der Waals surface area contributed by atoms with Crippen molar-refractivity contribution in [1.82, 2.24) is 5.32 Å². The standard InChI is InChI=1S/C8H13NO3S/c10-8-2-1-6-5-13(11,12)4-3-7(6)9-8/h6-7H,1-5H2,(H,9,10). The van der Waals surface area contributed by atoms with Crippen LogP contribution in [0.1, 0.15) is 19.3 Å². The average Bonchev–Trinajstić information content (AvgIpc) is 2.05. The molecule has 2 rings (SSSR count). The monoisotopic (exact) mass is 203 g/mol. The minimum atomic E-state index is -2.82. The third kappa shape index (κ3) is 1.85. The predicted octanol–water partition coefficient (Wildman–Crippen LogP) is -0.300. The van der Waals surface area contributed by atoms with Crippen LogP contribution in [-0.4, -0.2) is 31.9 Å². The van der Waals surface area contributed by atoms with E-state index in [1.165, 1.54) is 0 Å². The molecule has 13 heavy (non-hydrogen) atoms. The molecular weight excluding hydrogens is 190 g/mol. The Morgan fingerprint density at radius 3 is 2.85 bits per heavy atom. The zero-order valence-electron chi connectivity index (χ0n) is 7.32. The highest BCUT2D eigenvalue weighted by Gasteiger charge is 2.36.